The Balaban J connectivity index is 2.45. The highest BCUT2D eigenvalue weighted by Crippen LogP contribution is 2.21. The van der Waals surface area contributed by atoms with Crippen molar-refractivity contribution in [3.05, 3.63) is 36.0 Å². The van der Waals surface area contributed by atoms with Crippen LogP contribution in [0.15, 0.2) is 30.5 Å². The zero-order valence-electron chi connectivity index (χ0n) is 8.81. The first-order chi connectivity index (χ1) is 7.36. The minimum atomic E-state index is 0.118. The molecule has 0 atom stereocenters. The Morgan fingerprint density at radius 1 is 1.33 bits per heavy atom. The summed E-state index contributed by atoms with van der Waals surface area (Å²) in [5.74, 6) is 1.10. The van der Waals surface area contributed by atoms with E-state index in [9.17, 15) is 5.11 Å². The smallest absolute Gasteiger partial charge is 0.0702 e. The van der Waals surface area contributed by atoms with E-state index in [4.69, 9.17) is 0 Å². The summed E-state index contributed by atoms with van der Waals surface area (Å²) in [5.41, 5.74) is 2.24. The predicted octanol–water partition coefficient (Wildman–Crippen LogP) is 2.50. The van der Waals surface area contributed by atoms with Gasteiger partial charge in [-0.25, -0.2) is 0 Å². The minimum Gasteiger partial charge on any atom is -0.392 e. The van der Waals surface area contributed by atoms with Gasteiger partial charge in [0, 0.05) is 35.0 Å². The van der Waals surface area contributed by atoms with E-state index < -0.39 is 0 Å². The van der Waals surface area contributed by atoms with Gasteiger partial charge in [0.1, 0.15) is 0 Å². The van der Waals surface area contributed by atoms with Gasteiger partial charge in [-0.3, -0.25) is 0 Å². The average molecular weight is 221 g/mol. The number of thioether (sulfide) groups is 1. The lowest BCUT2D eigenvalue weighted by atomic mass is 10.2. The Morgan fingerprint density at radius 2 is 2.13 bits per heavy atom. The fraction of sp³-hybridized carbons (Fsp3) is 0.333. The van der Waals surface area contributed by atoms with Crippen molar-refractivity contribution in [2.45, 2.75) is 13.2 Å². The first kappa shape index (κ1) is 10.6. The number of aryl methyl sites for hydroxylation is 1. The van der Waals surface area contributed by atoms with Crippen LogP contribution in [0.3, 0.4) is 0 Å². The van der Waals surface area contributed by atoms with Gasteiger partial charge >= 0.3 is 0 Å². The monoisotopic (exact) mass is 221 g/mol. The van der Waals surface area contributed by atoms with Crippen molar-refractivity contribution in [3.8, 4) is 0 Å². The summed E-state index contributed by atoms with van der Waals surface area (Å²) >= 11 is 1.84. The lowest BCUT2D eigenvalue weighted by molar-refractivity contribution is 0.283. The lowest BCUT2D eigenvalue weighted by Gasteiger charge is -2.02. The van der Waals surface area contributed by atoms with E-state index in [1.54, 1.807) is 0 Å². The number of para-hydroxylation sites is 1. The van der Waals surface area contributed by atoms with Crippen molar-refractivity contribution in [2.75, 3.05) is 12.0 Å². The average Bonchev–Trinajstić information content (AvgIpc) is 2.65. The van der Waals surface area contributed by atoms with Crippen molar-refractivity contribution in [2.24, 2.45) is 0 Å². The van der Waals surface area contributed by atoms with Gasteiger partial charge in [-0.2, -0.15) is 11.8 Å². The Hall–Kier alpha value is -0.930. The standard InChI is InChI=1S/C12H15NOS/c1-15-7-6-13-8-10(9-14)11-4-2-3-5-12(11)13/h2-5,8,14H,6-7,9H2,1H3. The van der Waals surface area contributed by atoms with Crippen LogP contribution >= 0.6 is 11.8 Å². The summed E-state index contributed by atoms with van der Waals surface area (Å²) in [6.45, 7) is 1.12. The molecule has 2 aromatic rings. The highest BCUT2D eigenvalue weighted by Gasteiger charge is 2.05. The van der Waals surface area contributed by atoms with Gasteiger partial charge in [-0.15, -0.1) is 0 Å². The van der Waals surface area contributed by atoms with Crippen LogP contribution in [-0.2, 0) is 13.2 Å². The second kappa shape index (κ2) is 4.73. The molecule has 0 aliphatic rings. The van der Waals surface area contributed by atoms with E-state index in [1.807, 2.05) is 23.9 Å². The highest BCUT2D eigenvalue weighted by atomic mass is 32.2. The maximum atomic E-state index is 9.26. The van der Waals surface area contributed by atoms with E-state index in [-0.39, 0.29) is 6.61 Å². The van der Waals surface area contributed by atoms with Crippen molar-refractivity contribution < 1.29 is 5.11 Å². The third-order valence-electron chi connectivity index (χ3n) is 2.58. The number of aliphatic hydroxyl groups excluding tert-OH is 1. The van der Waals surface area contributed by atoms with Gasteiger partial charge in [-0.05, 0) is 12.3 Å². The third-order valence-corrected chi connectivity index (χ3v) is 3.17. The molecular formula is C12H15NOS. The molecule has 0 fully saturated rings. The summed E-state index contributed by atoms with van der Waals surface area (Å²) < 4.78 is 2.22. The second-order valence-electron chi connectivity index (χ2n) is 3.52. The first-order valence-electron chi connectivity index (χ1n) is 5.03. The third kappa shape index (κ3) is 2.03. The van der Waals surface area contributed by atoms with Crippen LogP contribution in [0.25, 0.3) is 10.9 Å². The quantitative estimate of drug-likeness (QED) is 0.858. The fourth-order valence-electron chi connectivity index (χ4n) is 1.82. The Bertz CT molecular complexity index is 450. The molecule has 0 amide bonds. The predicted molar refractivity (Wildman–Crippen MR) is 66.2 cm³/mol. The summed E-state index contributed by atoms with van der Waals surface area (Å²) in [4.78, 5) is 0. The van der Waals surface area contributed by atoms with Gasteiger partial charge in [0.15, 0.2) is 0 Å². The van der Waals surface area contributed by atoms with Gasteiger partial charge in [0.25, 0.3) is 0 Å². The van der Waals surface area contributed by atoms with Gasteiger partial charge in [0.05, 0.1) is 6.61 Å². The van der Waals surface area contributed by atoms with Crippen LogP contribution in [0.5, 0.6) is 0 Å². The number of rotatable bonds is 4. The first-order valence-corrected chi connectivity index (χ1v) is 6.42. The molecule has 0 saturated carbocycles. The molecule has 0 bridgehead atoms. The maximum Gasteiger partial charge on any atom is 0.0702 e. The normalized spacial score (nSPS) is 11.1. The Kier molecular flexibility index (Phi) is 3.34. The topological polar surface area (TPSA) is 25.2 Å². The summed E-state index contributed by atoms with van der Waals surface area (Å²) in [6.07, 6.45) is 4.17. The largest absolute Gasteiger partial charge is 0.392 e. The molecule has 0 unspecified atom stereocenters. The van der Waals surface area contributed by atoms with E-state index in [1.165, 1.54) is 10.9 Å². The number of aliphatic hydroxyl groups is 1. The molecule has 1 aromatic carbocycles. The number of benzene rings is 1. The van der Waals surface area contributed by atoms with Crippen LogP contribution in [0.4, 0.5) is 0 Å². The fourth-order valence-corrected chi connectivity index (χ4v) is 2.20. The van der Waals surface area contributed by atoms with Crippen molar-refractivity contribution in [1.29, 1.82) is 0 Å². The molecule has 0 spiro atoms. The van der Waals surface area contributed by atoms with Crippen molar-refractivity contribution in [1.82, 2.24) is 4.57 Å². The highest BCUT2D eigenvalue weighted by molar-refractivity contribution is 7.98. The van der Waals surface area contributed by atoms with E-state index >= 15 is 0 Å². The van der Waals surface area contributed by atoms with Gasteiger partial charge in [0.2, 0.25) is 0 Å². The summed E-state index contributed by atoms with van der Waals surface area (Å²) in [5, 5.41) is 10.4. The summed E-state index contributed by atoms with van der Waals surface area (Å²) in [7, 11) is 0. The van der Waals surface area contributed by atoms with Crippen molar-refractivity contribution >= 4 is 22.7 Å². The van der Waals surface area contributed by atoms with E-state index in [0.29, 0.717) is 0 Å². The Labute approximate surface area is 93.9 Å². The number of nitrogens with zero attached hydrogens (tertiary/aromatic N) is 1. The molecule has 0 aliphatic heterocycles. The molecular weight excluding hydrogens is 206 g/mol. The van der Waals surface area contributed by atoms with Crippen LogP contribution in [0.2, 0.25) is 0 Å². The molecule has 1 heterocycles. The van der Waals surface area contributed by atoms with Gasteiger partial charge in [-0.1, -0.05) is 18.2 Å². The summed E-state index contributed by atoms with van der Waals surface area (Å²) in [6, 6.07) is 8.23. The SMILES string of the molecule is CSCCn1cc(CO)c2ccccc21. The van der Waals surface area contributed by atoms with Crippen molar-refractivity contribution in [3.63, 3.8) is 0 Å². The molecule has 0 saturated heterocycles. The second-order valence-corrected chi connectivity index (χ2v) is 4.50. The van der Waals surface area contributed by atoms with Crippen LogP contribution in [0.1, 0.15) is 5.56 Å². The molecule has 80 valence electrons. The molecule has 1 N–H and O–H groups in total. The molecule has 1 aromatic heterocycles. The molecule has 2 nitrogen and oxygen atoms in total. The maximum absolute atomic E-state index is 9.26. The van der Waals surface area contributed by atoms with Crippen LogP contribution < -0.4 is 0 Å². The lowest BCUT2D eigenvalue weighted by Crippen LogP contribution is -1.97. The molecule has 0 aliphatic carbocycles. The molecule has 15 heavy (non-hydrogen) atoms. The number of aromatic nitrogens is 1. The number of fused-ring (bicyclic) bond motifs is 1. The van der Waals surface area contributed by atoms with Gasteiger partial charge < -0.3 is 9.67 Å². The van der Waals surface area contributed by atoms with Crippen LogP contribution in [0, 0.1) is 0 Å². The zero-order chi connectivity index (χ0) is 10.7. The molecule has 2 rings (SSSR count). The number of hydrogen-bond donors (Lipinski definition) is 1. The minimum absolute atomic E-state index is 0.118. The zero-order valence-corrected chi connectivity index (χ0v) is 9.63. The molecule has 0 radical (unpaired) electrons. The van der Waals surface area contributed by atoms with E-state index in [2.05, 4.69) is 29.2 Å². The van der Waals surface area contributed by atoms with Crippen LogP contribution in [-0.4, -0.2) is 21.7 Å². The number of hydrogen-bond acceptors (Lipinski definition) is 2. The Morgan fingerprint density at radius 3 is 2.87 bits per heavy atom. The molecule has 3 heteroatoms. The van der Waals surface area contributed by atoms with E-state index in [0.717, 1.165) is 17.9 Å².